The minimum atomic E-state index is -1.65. The highest BCUT2D eigenvalue weighted by Crippen LogP contribution is 2.44. The fourth-order valence-corrected chi connectivity index (χ4v) is 3.13. The van der Waals surface area contributed by atoms with E-state index in [0.717, 1.165) is 11.3 Å². The van der Waals surface area contributed by atoms with Crippen molar-refractivity contribution in [2.45, 2.75) is 12.7 Å². The lowest BCUT2D eigenvalue weighted by atomic mass is 9.73. The Balaban J connectivity index is 2.37. The number of hydrogen-bond acceptors (Lipinski definition) is 7. The Kier molecular flexibility index (Phi) is 5.80. The molecule has 7 nitrogen and oxygen atoms in total. The van der Waals surface area contributed by atoms with Crippen molar-refractivity contribution in [1.29, 1.82) is 0 Å². The highest BCUT2D eigenvalue weighted by molar-refractivity contribution is 6.01. The molecule has 0 spiro atoms. The molecule has 0 saturated carbocycles. The summed E-state index contributed by atoms with van der Waals surface area (Å²) in [7, 11) is 5.41. The lowest BCUT2D eigenvalue weighted by molar-refractivity contribution is -0.198. The Bertz CT molecular complexity index is 565. The number of hydrogen-bond donors (Lipinski definition) is 0. The normalized spacial score (nSPS) is 22.0. The Morgan fingerprint density at radius 1 is 1.08 bits per heavy atom. The van der Waals surface area contributed by atoms with Gasteiger partial charge in [0.05, 0.1) is 27.9 Å². The molecule has 24 heavy (non-hydrogen) atoms. The van der Waals surface area contributed by atoms with E-state index in [9.17, 15) is 9.59 Å². The van der Waals surface area contributed by atoms with E-state index in [1.165, 1.54) is 21.3 Å². The quantitative estimate of drug-likeness (QED) is 0.569. The molecule has 7 heteroatoms. The molecule has 2 rings (SSSR count). The van der Waals surface area contributed by atoms with E-state index in [0.29, 0.717) is 6.42 Å². The Morgan fingerprint density at radius 3 is 2.12 bits per heavy atom. The van der Waals surface area contributed by atoms with Crippen LogP contribution in [0.2, 0.25) is 0 Å². The van der Waals surface area contributed by atoms with Gasteiger partial charge >= 0.3 is 11.9 Å². The Labute approximate surface area is 140 Å². The molecule has 0 bridgehead atoms. The molecule has 0 amide bonds. The Hall–Kier alpha value is -2.12. The minimum absolute atomic E-state index is 0.175. The zero-order valence-corrected chi connectivity index (χ0v) is 14.2. The van der Waals surface area contributed by atoms with Crippen molar-refractivity contribution in [3.05, 3.63) is 29.8 Å². The monoisotopic (exact) mass is 338 g/mol. The molecule has 2 unspecified atom stereocenters. The maximum absolute atomic E-state index is 12.5. The smallest absolute Gasteiger partial charge is 0.328 e. The van der Waals surface area contributed by atoms with Gasteiger partial charge in [-0.15, -0.1) is 0 Å². The number of benzene rings is 1. The van der Waals surface area contributed by atoms with Crippen molar-refractivity contribution in [3.8, 4) is 5.75 Å². The third kappa shape index (κ3) is 2.97. The standard InChI is InChI=1S/C17H22O7/c1-20-13-7-5-11(6-8-13)9-12-10-24-16(23-4)17(12,14(18)21-2)15(19)22-3/h5-8,12,16H,9-10H2,1-4H3. The van der Waals surface area contributed by atoms with Crippen LogP contribution in [0.25, 0.3) is 0 Å². The molecule has 1 aliphatic rings. The van der Waals surface area contributed by atoms with Crippen LogP contribution in [0.4, 0.5) is 0 Å². The van der Waals surface area contributed by atoms with E-state index in [2.05, 4.69) is 0 Å². The second kappa shape index (κ2) is 7.63. The number of carbonyl (C=O) groups excluding carboxylic acids is 2. The first-order chi connectivity index (χ1) is 11.5. The van der Waals surface area contributed by atoms with E-state index in [1.54, 1.807) is 7.11 Å². The first kappa shape index (κ1) is 18.2. The summed E-state index contributed by atoms with van der Waals surface area (Å²) in [6.45, 7) is 0.175. The molecule has 1 saturated heterocycles. The second-order valence-electron chi connectivity index (χ2n) is 5.50. The molecule has 0 aromatic heterocycles. The third-order valence-electron chi connectivity index (χ3n) is 4.37. The van der Waals surface area contributed by atoms with Crippen LogP contribution in [0.1, 0.15) is 5.56 Å². The summed E-state index contributed by atoms with van der Waals surface area (Å²) in [6.07, 6.45) is -0.630. The minimum Gasteiger partial charge on any atom is -0.497 e. The van der Waals surface area contributed by atoms with Gasteiger partial charge in [-0.05, 0) is 24.1 Å². The van der Waals surface area contributed by atoms with Crippen molar-refractivity contribution in [3.63, 3.8) is 0 Å². The lowest BCUT2D eigenvalue weighted by Crippen LogP contribution is -2.52. The molecular weight excluding hydrogens is 316 g/mol. The summed E-state index contributed by atoms with van der Waals surface area (Å²) in [5, 5.41) is 0. The van der Waals surface area contributed by atoms with Gasteiger partial charge in [-0.2, -0.15) is 0 Å². The fraction of sp³-hybridized carbons (Fsp3) is 0.529. The maximum atomic E-state index is 12.5. The van der Waals surface area contributed by atoms with Crippen LogP contribution < -0.4 is 4.74 Å². The number of rotatable bonds is 6. The van der Waals surface area contributed by atoms with E-state index in [4.69, 9.17) is 23.7 Å². The van der Waals surface area contributed by atoms with Crippen LogP contribution in [0, 0.1) is 11.3 Å². The molecule has 0 aliphatic carbocycles. The van der Waals surface area contributed by atoms with Gasteiger partial charge in [-0.25, -0.2) is 0 Å². The van der Waals surface area contributed by atoms with Gasteiger partial charge in [0.15, 0.2) is 6.29 Å². The van der Waals surface area contributed by atoms with Crippen LogP contribution in [-0.4, -0.2) is 53.3 Å². The largest absolute Gasteiger partial charge is 0.497 e. The van der Waals surface area contributed by atoms with Crippen molar-refractivity contribution < 1.29 is 33.3 Å². The first-order valence-corrected chi connectivity index (χ1v) is 7.48. The van der Waals surface area contributed by atoms with Crippen molar-refractivity contribution in [2.24, 2.45) is 11.3 Å². The first-order valence-electron chi connectivity index (χ1n) is 7.48. The molecule has 1 aromatic carbocycles. The number of esters is 2. The topological polar surface area (TPSA) is 80.3 Å². The molecule has 132 valence electrons. The number of carbonyl (C=O) groups is 2. The van der Waals surface area contributed by atoms with Gasteiger partial charge in [0.1, 0.15) is 5.75 Å². The van der Waals surface area contributed by atoms with E-state index in [1.807, 2.05) is 24.3 Å². The molecule has 1 fully saturated rings. The van der Waals surface area contributed by atoms with Gasteiger partial charge in [-0.3, -0.25) is 9.59 Å². The zero-order chi connectivity index (χ0) is 17.7. The lowest BCUT2D eigenvalue weighted by Gasteiger charge is -2.31. The van der Waals surface area contributed by atoms with Gasteiger partial charge < -0.3 is 23.7 Å². The van der Waals surface area contributed by atoms with Crippen LogP contribution in [0.3, 0.4) is 0 Å². The Morgan fingerprint density at radius 2 is 1.67 bits per heavy atom. The average molecular weight is 338 g/mol. The van der Waals surface area contributed by atoms with Gasteiger partial charge in [0, 0.05) is 13.0 Å². The van der Waals surface area contributed by atoms with Crippen molar-refractivity contribution in [1.82, 2.24) is 0 Å². The number of methoxy groups -OCH3 is 4. The van der Waals surface area contributed by atoms with Gasteiger partial charge in [-0.1, -0.05) is 12.1 Å². The molecule has 0 radical (unpaired) electrons. The van der Waals surface area contributed by atoms with E-state index < -0.39 is 29.6 Å². The molecule has 0 N–H and O–H groups in total. The van der Waals surface area contributed by atoms with Crippen LogP contribution in [-0.2, 0) is 35.0 Å². The van der Waals surface area contributed by atoms with Crippen LogP contribution in [0.5, 0.6) is 5.75 Å². The summed E-state index contributed by atoms with van der Waals surface area (Å²) in [5.74, 6) is -1.20. The summed E-state index contributed by atoms with van der Waals surface area (Å²) in [6, 6.07) is 7.38. The summed E-state index contributed by atoms with van der Waals surface area (Å²) >= 11 is 0. The summed E-state index contributed by atoms with van der Waals surface area (Å²) in [4.78, 5) is 25.0. The molecule has 1 aliphatic heterocycles. The SMILES string of the molecule is COC(=O)C1(C(=O)OC)C(Cc2ccc(OC)cc2)COC1OC. The van der Waals surface area contributed by atoms with Crippen LogP contribution in [0.15, 0.2) is 24.3 Å². The highest BCUT2D eigenvalue weighted by Gasteiger charge is 2.65. The predicted molar refractivity (Wildman–Crippen MR) is 83.4 cm³/mol. The summed E-state index contributed by atoms with van der Waals surface area (Å²) < 4.78 is 25.7. The second-order valence-corrected chi connectivity index (χ2v) is 5.50. The predicted octanol–water partition coefficient (Wildman–Crippen LogP) is 1.19. The highest BCUT2D eigenvalue weighted by atomic mass is 16.7. The number of ether oxygens (including phenoxy) is 5. The molecule has 1 heterocycles. The third-order valence-corrected chi connectivity index (χ3v) is 4.37. The van der Waals surface area contributed by atoms with Crippen molar-refractivity contribution in [2.75, 3.05) is 35.0 Å². The molecule has 1 aromatic rings. The van der Waals surface area contributed by atoms with Gasteiger partial charge in [0.25, 0.3) is 0 Å². The van der Waals surface area contributed by atoms with Crippen molar-refractivity contribution >= 4 is 11.9 Å². The van der Waals surface area contributed by atoms with Crippen LogP contribution >= 0.6 is 0 Å². The fourth-order valence-electron chi connectivity index (χ4n) is 3.13. The molecular formula is C17H22O7. The van der Waals surface area contributed by atoms with Gasteiger partial charge in [0.2, 0.25) is 5.41 Å². The van der Waals surface area contributed by atoms with E-state index in [-0.39, 0.29) is 6.61 Å². The average Bonchev–Trinajstić information content (AvgIpc) is 2.99. The zero-order valence-electron chi connectivity index (χ0n) is 14.2. The molecule has 2 atom stereocenters. The maximum Gasteiger partial charge on any atom is 0.328 e. The van der Waals surface area contributed by atoms with E-state index >= 15 is 0 Å². The summed E-state index contributed by atoms with van der Waals surface area (Å²) in [5.41, 5.74) is -0.726.